The summed E-state index contributed by atoms with van der Waals surface area (Å²) < 4.78 is 8.08. The summed E-state index contributed by atoms with van der Waals surface area (Å²) in [4.78, 5) is 15.4. The third kappa shape index (κ3) is 6.15. The van der Waals surface area contributed by atoms with E-state index < -0.39 is 0 Å². The van der Waals surface area contributed by atoms with Crippen LogP contribution in [-0.2, 0) is 12.0 Å². The minimum atomic E-state index is -0.154. The van der Waals surface area contributed by atoms with Crippen molar-refractivity contribution < 1.29 is 9.53 Å². The number of amides is 1. The summed E-state index contributed by atoms with van der Waals surface area (Å²) in [7, 11) is 0. The fraction of sp³-hybridized carbons (Fsp3) is 0.593. The van der Waals surface area contributed by atoms with Crippen molar-refractivity contribution in [3.8, 4) is 5.75 Å². The first-order valence-electron chi connectivity index (χ1n) is 12.4. The fourth-order valence-electron chi connectivity index (χ4n) is 4.78. The monoisotopic (exact) mass is 473 g/mol. The van der Waals surface area contributed by atoms with E-state index in [2.05, 4.69) is 80.6 Å². The molecule has 184 valence electrons. The molecule has 1 aromatic carbocycles. The summed E-state index contributed by atoms with van der Waals surface area (Å²) in [6.07, 6.45) is 3.96. The number of hydrogen-bond acceptors (Lipinski definition) is 4. The molecule has 0 atom stereocenters. The summed E-state index contributed by atoms with van der Waals surface area (Å²) in [6.45, 7) is 17.3. The number of benzene rings is 1. The van der Waals surface area contributed by atoms with Gasteiger partial charge in [-0.15, -0.1) is 11.8 Å². The number of nitrogens with one attached hydrogen (secondary N) is 1. The van der Waals surface area contributed by atoms with E-state index >= 15 is 0 Å². The van der Waals surface area contributed by atoms with E-state index in [9.17, 15) is 4.79 Å². The van der Waals surface area contributed by atoms with Gasteiger partial charge in [0.25, 0.3) is 5.91 Å². The lowest BCUT2D eigenvalue weighted by atomic mass is 9.72. The Balaban J connectivity index is 2.37. The van der Waals surface area contributed by atoms with Gasteiger partial charge in [-0.1, -0.05) is 39.8 Å². The first-order chi connectivity index (χ1) is 15.9. The molecular weight excluding hydrogens is 430 g/mol. The van der Waals surface area contributed by atoms with E-state index in [0.29, 0.717) is 12.5 Å². The van der Waals surface area contributed by atoms with Crippen molar-refractivity contribution in [2.24, 2.45) is 0 Å². The molecule has 0 fully saturated rings. The van der Waals surface area contributed by atoms with Crippen LogP contribution in [0.3, 0.4) is 0 Å². The third-order valence-electron chi connectivity index (χ3n) is 6.89. The lowest BCUT2D eigenvalue weighted by Gasteiger charge is -2.34. The van der Waals surface area contributed by atoms with Crippen LogP contribution in [0.5, 0.6) is 5.75 Å². The van der Waals surface area contributed by atoms with Crippen LogP contribution in [0.15, 0.2) is 30.3 Å². The van der Waals surface area contributed by atoms with Crippen molar-refractivity contribution in [1.82, 2.24) is 14.8 Å². The highest BCUT2D eigenvalue weighted by molar-refractivity contribution is 7.98. The fourth-order valence-corrected chi connectivity index (χ4v) is 5.03. The minimum Gasteiger partial charge on any atom is -0.483 e. The molecule has 0 spiro atoms. The van der Waals surface area contributed by atoms with Gasteiger partial charge in [0, 0.05) is 30.7 Å². The van der Waals surface area contributed by atoms with Crippen LogP contribution < -0.4 is 10.1 Å². The Labute approximate surface area is 205 Å². The zero-order chi connectivity index (χ0) is 24.4. The van der Waals surface area contributed by atoms with Gasteiger partial charge in [-0.25, -0.2) is 0 Å². The van der Waals surface area contributed by atoms with Gasteiger partial charge in [0.2, 0.25) is 0 Å². The minimum absolute atomic E-state index is 0.00774. The summed E-state index contributed by atoms with van der Waals surface area (Å²) in [5.41, 5.74) is 4.23. The number of aromatic nitrogens is 1. The standard InChI is InChI=1S/C27H43N3O2S/c1-8-27(9-2,22-13-15-24(21(6)19-22)32-20-33-7)25-16-14-23(30(25)12-5)26(31)28-17-18-29(10-3)11-4/h13-16,19H,8-12,17-18,20H2,1-7H3,(H,28,31). The van der Waals surface area contributed by atoms with E-state index in [4.69, 9.17) is 4.74 Å². The number of thioether (sulfide) groups is 1. The van der Waals surface area contributed by atoms with Crippen LogP contribution >= 0.6 is 11.8 Å². The Hall–Kier alpha value is -1.92. The van der Waals surface area contributed by atoms with E-state index in [1.807, 2.05) is 12.3 Å². The van der Waals surface area contributed by atoms with Crippen molar-refractivity contribution >= 4 is 17.7 Å². The van der Waals surface area contributed by atoms with Gasteiger partial charge in [0.15, 0.2) is 0 Å². The molecular formula is C27H43N3O2S. The Kier molecular flexibility index (Phi) is 10.8. The highest BCUT2D eigenvalue weighted by Gasteiger charge is 2.35. The van der Waals surface area contributed by atoms with E-state index in [-0.39, 0.29) is 11.3 Å². The van der Waals surface area contributed by atoms with Gasteiger partial charge >= 0.3 is 0 Å². The third-order valence-corrected chi connectivity index (χ3v) is 7.25. The normalized spacial score (nSPS) is 11.8. The van der Waals surface area contributed by atoms with Gasteiger partial charge < -0.3 is 19.5 Å². The Morgan fingerprint density at radius 1 is 1.09 bits per heavy atom. The second kappa shape index (κ2) is 13.1. The molecule has 0 aliphatic heterocycles. The lowest BCUT2D eigenvalue weighted by molar-refractivity contribution is 0.0939. The topological polar surface area (TPSA) is 46.5 Å². The average molecular weight is 474 g/mol. The number of nitrogens with zero attached hydrogens (tertiary/aromatic N) is 2. The van der Waals surface area contributed by atoms with Gasteiger partial charge in [-0.2, -0.15) is 0 Å². The van der Waals surface area contributed by atoms with E-state index in [0.717, 1.165) is 56.0 Å². The van der Waals surface area contributed by atoms with Crippen molar-refractivity contribution in [1.29, 1.82) is 0 Å². The highest BCUT2D eigenvalue weighted by atomic mass is 32.2. The summed E-state index contributed by atoms with van der Waals surface area (Å²) >= 11 is 1.67. The molecule has 6 heteroatoms. The molecule has 1 aromatic heterocycles. The number of hydrogen-bond donors (Lipinski definition) is 1. The van der Waals surface area contributed by atoms with Crippen molar-refractivity contribution in [3.63, 3.8) is 0 Å². The molecule has 5 nitrogen and oxygen atoms in total. The SMILES string of the molecule is CCN(CC)CCNC(=O)c1ccc(C(CC)(CC)c2ccc(OCSC)c(C)c2)n1CC. The molecule has 0 aliphatic carbocycles. The van der Waals surface area contributed by atoms with Crippen LogP contribution in [0, 0.1) is 6.92 Å². The van der Waals surface area contributed by atoms with Crippen LogP contribution in [0.1, 0.15) is 74.8 Å². The summed E-state index contributed by atoms with van der Waals surface area (Å²) in [5.74, 6) is 1.60. The van der Waals surface area contributed by atoms with E-state index in [1.165, 1.54) is 11.3 Å². The summed E-state index contributed by atoms with van der Waals surface area (Å²) in [5, 5.41) is 3.13. The first kappa shape index (κ1) is 27.3. The molecule has 1 N–H and O–H groups in total. The molecule has 2 aromatic rings. The molecule has 2 rings (SSSR count). The maximum atomic E-state index is 13.1. The Morgan fingerprint density at radius 3 is 2.33 bits per heavy atom. The average Bonchev–Trinajstić information content (AvgIpc) is 3.27. The first-order valence-corrected chi connectivity index (χ1v) is 13.7. The maximum Gasteiger partial charge on any atom is 0.267 e. The maximum absolute atomic E-state index is 13.1. The zero-order valence-corrected chi connectivity index (χ0v) is 22.5. The number of rotatable bonds is 14. The molecule has 0 saturated heterocycles. The van der Waals surface area contributed by atoms with Crippen molar-refractivity contribution in [3.05, 3.63) is 52.8 Å². The van der Waals surface area contributed by atoms with Crippen LogP contribution in [-0.4, -0.2) is 53.7 Å². The van der Waals surface area contributed by atoms with Crippen molar-refractivity contribution in [2.45, 2.75) is 66.3 Å². The smallest absolute Gasteiger partial charge is 0.267 e. The number of carbonyl (C=O) groups is 1. The number of carbonyl (C=O) groups excluding carboxylic acids is 1. The number of aryl methyl sites for hydroxylation is 1. The van der Waals surface area contributed by atoms with E-state index in [1.54, 1.807) is 11.8 Å². The number of ether oxygens (including phenoxy) is 1. The second-order valence-electron chi connectivity index (χ2n) is 8.45. The molecule has 0 aliphatic rings. The predicted octanol–water partition coefficient (Wildman–Crippen LogP) is 5.69. The predicted molar refractivity (Wildman–Crippen MR) is 142 cm³/mol. The largest absolute Gasteiger partial charge is 0.483 e. The molecule has 0 radical (unpaired) electrons. The van der Waals surface area contributed by atoms with Crippen LogP contribution in [0.4, 0.5) is 0 Å². The Bertz CT molecular complexity index is 885. The molecule has 0 bridgehead atoms. The number of likely N-dealkylation sites (N-methyl/N-ethyl adjacent to an activating group) is 1. The Morgan fingerprint density at radius 2 is 1.79 bits per heavy atom. The molecule has 0 unspecified atom stereocenters. The summed E-state index contributed by atoms with van der Waals surface area (Å²) in [6, 6.07) is 10.7. The molecule has 0 saturated carbocycles. The zero-order valence-electron chi connectivity index (χ0n) is 21.7. The highest BCUT2D eigenvalue weighted by Crippen LogP contribution is 2.41. The second-order valence-corrected chi connectivity index (χ2v) is 9.26. The quantitative estimate of drug-likeness (QED) is 0.358. The van der Waals surface area contributed by atoms with Gasteiger partial charge in [-0.3, -0.25) is 4.79 Å². The molecule has 1 amide bonds. The van der Waals surface area contributed by atoms with Gasteiger partial charge in [0.05, 0.1) is 0 Å². The molecule has 1 heterocycles. The van der Waals surface area contributed by atoms with Crippen LogP contribution in [0.2, 0.25) is 0 Å². The van der Waals surface area contributed by atoms with Crippen LogP contribution in [0.25, 0.3) is 0 Å². The van der Waals surface area contributed by atoms with Crippen molar-refractivity contribution in [2.75, 3.05) is 38.4 Å². The van der Waals surface area contributed by atoms with Gasteiger partial charge in [-0.05, 0) is 75.4 Å². The van der Waals surface area contributed by atoms with Gasteiger partial charge in [0.1, 0.15) is 17.4 Å². The molecule has 33 heavy (non-hydrogen) atoms. The lowest BCUT2D eigenvalue weighted by Crippen LogP contribution is -2.36.